The van der Waals surface area contributed by atoms with Crippen molar-refractivity contribution in [3.63, 3.8) is 0 Å². The van der Waals surface area contributed by atoms with Crippen LogP contribution in [0.1, 0.15) is 28.8 Å². The third kappa shape index (κ3) is 4.81. The molecule has 0 saturated carbocycles. The van der Waals surface area contributed by atoms with E-state index in [9.17, 15) is 13.6 Å². The van der Waals surface area contributed by atoms with Crippen LogP contribution in [0.3, 0.4) is 0 Å². The van der Waals surface area contributed by atoms with Gasteiger partial charge in [-0.15, -0.1) is 0 Å². The molecule has 1 amide bonds. The molecule has 27 heavy (non-hydrogen) atoms. The maximum atomic E-state index is 13.7. The molecule has 1 aromatic carbocycles. The molecule has 1 saturated heterocycles. The fraction of sp³-hybridized carbons (Fsp3) is 0.444. The van der Waals surface area contributed by atoms with Gasteiger partial charge >= 0.3 is 0 Å². The number of guanidine groups is 1. The van der Waals surface area contributed by atoms with E-state index >= 15 is 0 Å². The zero-order valence-corrected chi connectivity index (χ0v) is 14.9. The van der Waals surface area contributed by atoms with E-state index in [-0.39, 0.29) is 31.5 Å². The summed E-state index contributed by atoms with van der Waals surface area (Å²) in [7, 11) is 0. The highest BCUT2D eigenvalue weighted by Crippen LogP contribution is 2.19. The van der Waals surface area contributed by atoms with Crippen LogP contribution < -0.4 is 11.5 Å². The lowest BCUT2D eigenvalue weighted by Crippen LogP contribution is -2.52. The van der Waals surface area contributed by atoms with Crippen LogP contribution in [0.5, 0.6) is 0 Å². The van der Waals surface area contributed by atoms with Gasteiger partial charge in [-0.05, 0) is 36.6 Å². The van der Waals surface area contributed by atoms with E-state index in [1.165, 1.54) is 18.2 Å². The van der Waals surface area contributed by atoms with Gasteiger partial charge in [-0.3, -0.25) is 4.79 Å². The van der Waals surface area contributed by atoms with Crippen LogP contribution >= 0.6 is 0 Å². The molecule has 3 rings (SSSR count). The molecule has 0 spiro atoms. The maximum absolute atomic E-state index is 13.7. The topological polar surface area (TPSA) is 97.2 Å². The molecule has 1 atom stereocenters. The van der Waals surface area contributed by atoms with Crippen molar-refractivity contribution in [1.82, 2.24) is 9.80 Å². The average Bonchev–Trinajstić information content (AvgIpc) is 2.60. The Balaban J connectivity index is 1.93. The minimum absolute atomic E-state index is 0.0150. The quantitative estimate of drug-likeness (QED) is 0.825. The number of halogens is 2. The third-order valence-corrected chi connectivity index (χ3v) is 4.52. The molecule has 1 fully saturated rings. The molecule has 0 radical (unpaired) electrons. The highest BCUT2D eigenvalue weighted by Gasteiger charge is 2.26. The lowest BCUT2D eigenvalue weighted by molar-refractivity contribution is 0.0569. The van der Waals surface area contributed by atoms with Crippen LogP contribution in [0.15, 0.2) is 35.2 Å². The number of likely N-dealkylation sites (tertiary alicyclic amines) is 1. The number of hydrogen-bond acceptors (Lipinski definition) is 6. The second kappa shape index (κ2) is 8.45. The Bertz CT molecular complexity index is 768. The van der Waals surface area contributed by atoms with Crippen LogP contribution in [0.25, 0.3) is 0 Å². The van der Waals surface area contributed by atoms with Crippen molar-refractivity contribution < 1.29 is 18.3 Å². The predicted octanol–water partition coefficient (Wildman–Crippen LogP) is 1.30. The Labute approximate surface area is 156 Å². The lowest BCUT2D eigenvalue weighted by atomic mass is 10.1. The van der Waals surface area contributed by atoms with Crippen LogP contribution in [0.2, 0.25) is 0 Å². The number of carbonyl (C=O) groups excluding carboxylic acids is 1. The fourth-order valence-corrected chi connectivity index (χ4v) is 3.29. The average molecular weight is 379 g/mol. The Kier molecular flexibility index (Phi) is 6.02. The molecule has 2 aliphatic heterocycles. The van der Waals surface area contributed by atoms with Gasteiger partial charge in [-0.2, -0.15) is 0 Å². The zero-order chi connectivity index (χ0) is 19.4. The highest BCUT2D eigenvalue weighted by molar-refractivity contribution is 5.94. The van der Waals surface area contributed by atoms with E-state index in [0.717, 1.165) is 19.0 Å². The molecule has 1 aromatic rings. The van der Waals surface area contributed by atoms with Gasteiger partial charge in [0.1, 0.15) is 25.0 Å². The first-order valence-corrected chi connectivity index (χ1v) is 8.78. The van der Waals surface area contributed by atoms with Crippen LogP contribution in [0.4, 0.5) is 8.78 Å². The first-order valence-electron chi connectivity index (χ1n) is 8.78. The maximum Gasteiger partial charge on any atom is 0.249 e. The molecular formula is C18H23F2N5O2. The number of nitrogens with two attached hydrogens (primary N) is 2. The number of nitrogens with zero attached hydrogens (tertiary/aromatic N) is 3. The van der Waals surface area contributed by atoms with Gasteiger partial charge in [0.15, 0.2) is 0 Å². The summed E-state index contributed by atoms with van der Waals surface area (Å²) in [5, 5.41) is 0. The van der Waals surface area contributed by atoms with E-state index in [1.807, 2.05) is 4.90 Å². The number of benzene rings is 1. The summed E-state index contributed by atoms with van der Waals surface area (Å²) in [4.78, 5) is 19.7. The lowest BCUT2D eigenvalue weighted by Gasteiger charge is -2.38. The van der Waals surface area contributed by atoms with Crippen molar-refractivity contribution in [2.75, 3.05) is 26.4 Å². The smallest absolute Gasteiger partial charge is 0.249 e. The second-order valence-corrected chi connectivity index (χ2v) is 6.69. The first kappa shape index (κ1) is 19.2. The van der Waals surface area contributed by atoms with Crippen molar-refractivity contribution >= 4 is 11.9 Å². The number of rotatable bonds is 3. The Morgan fingerprint density at radius 2 is 2.19 bits per heavy atom. The summed E-state index contributed by atoms with van der Waals surface area (Å²) in [5.41, 5.74) is 12.1. The Morgan fingerprint density at radius 3 is 2.93 bits per heavy atom. The van der Waals surface area contributed by atoms with Crippen LogP contribution in [0, 0.1) is 5.82 Å². The molecule has 7 nitrogen and oxygen atoms in total. The zero-order valence-electron chi connectivity index (χ0n) is 14.9. The van der Waals surface area contributed by atoms with Gasteiger partial charge in [0.25, 0.3) is 0 Å². The monoisotopic (exact) mass is 379 g/mol. The highest BCUT2D eigenvalue weighted by atomic mass is 19.1. The number of piperidine rings is 1. The van der Waals surface area contributed by atoms with Gasteiger partial charge in [-0.25, -0.2) is 13.8 Å². The SMILES string of the molecule is NC(=O)c1ccc(F)cc1CN1COC/C(F)=C\N=C/1N1CCC[C@@H](N)C1. The van der Waals surface area contributed by atoms with Crippen molar-refractivity contribution in [2.45, 2.75) is 25.4 Å². The fourth-order valence-electron chi connectivity index (χ4n) is 3.29. The van der Waals surface area contributed by atoms with E-state index in [0.29, 0.717) is 24.6 Å². The van der Waals surface area contributed by atoms with E-state index in [4.69, 9.17) is 16.2 Å². The van der Waals surface area contributed by atoms with Crippen LogP contribution in [-0.2, 0) is 11.3 Å². The van der Waals surface area contributed by atoms with Crippen molar-refractivity contribution in [3.8, 4) is 0 Å². The van der Waals surface area contributed by atoms with Gasteiger partial charge < -0.3 is 26.0 Å². The number of carbonyl (C=O) groups is 1. The van der Waals surface area contributed by atoms with Gasteiger partial charge in [0, 0.05) is 31.2 Å². The molecule has 0 aliphatic carbocycles. The summed E-state index contributed by atoms with van der Waals surface area (Å²) < 4.78 is 32.8. The molecule has 146 valence electrons. The summed E-state index contributed by atoms with van der Waals surface area (Å²) in [6, 6.07) is 3.78. The largest absolute Gasteiger partial charge is 0.366 e. The van der Waals surface area contributed by atoms with Crippen molar-refractivity contribution in [1.29, 1.82) is 0 Å². The first-order chi connectivity index (χ1) is 12.9. The van der Waals surface area contributed by atoms with E-state index in [2.05, 4.69) is 4.99 Å². The summed E-state index contributed by atoms with van der Waals surface area (Å²) in [6.45, 7) is 1.23. The molecule has 2 heterocycles. The Morgan fingerprint density at radius 1 is 1.37 bits per heavy atom. The molecule has 2 aliphatic rings. The Hall–Kier alpha value is -2.52. The van der Waals surface area contributed by atoms with Crippen LogP contribution in [-0.4, -0.2) is 54.1 Å². The molecule has 0 bridgehead atoms. The third-order valence-electron chi connectivity index (χ3n) is 4.52. The van der Waals surface area contributed by atoms with Gasteiger partial charge in [0.2, 0.25) is 11.9 Å². The summed E-state index contributed by atoms with van der Waals surface area (Å²) in [6.07, 6.45) is 2.90. The number of hydrogen-bond donors (Lipinski definition) is 2. The summed E-state index contributed by atoms with van der Waals surface area (Å²) in [5.74, 6) is -1.15. The number of amides is 1. The predicted molar refractivity (Wildman–Crippen MR) is 96.7 cm³/mol. The molecular weight excluding hydrogens is 356 g/mol. The van der Waals surface area contributed by atoms with Gasteiger partial charge in [0.05, 0.1) is 6.20 Å². The molecule has 9 heteroatoms. The standard InChI is InChI=1S/C18H23F2N5O2/c19-13-3-4-16(17(22)26)12(6-13)8-25-11-27-10-14(20)7-23-18(25)24-5-1-2-15(21)9-24/h3-4,6-7,15H,1-2,5,8-11,21H2,(H2,22,26)/b14-7+,23-18-/t15-/m1/s1. The number of aliphatic imine (C=N–C) groups is 1. The minimum Gasteiger partial charge on any atom is -0.366 e. The van der Waals surface area contributed by atoms with Crippen molar-refractivity contribution in [3.05, 3.63) is 47.2 Å². The second-order valence-electron chi connectivity index (χ2n) is 6.69. The van der Waals surface area contributed by atoms with E-state index < -0.39 is 17.6 Å². The molecule has 0 unspecified atom stereocenters. The molecule has 4 N–H and O–H groups in total. The van der Waals surface area contributed by atoms with Crippen molar-refractivity contribution in [2.24, 2.45) is 16.5 Å². The molecule has 0 aromatic heterocycles. The number of primary amides is 1. The number of ether oxygens (including phenoxy) is 1. The normalized spacial score (nSPS) is 25.1. The van der Waals surface area contributed by atoms with Gasteiger partial charge in [-0.1, -0.05) is 0 Å². The van der Waals surface area contributed by atoms with E-state index in [1.54, 1.807) is 4.90 Å². The minimum atomic E-state index is -0.651. The summed E-state index contributed by atoms with van der Waals surface area (Å²) >= 11 is 0.